The second kappa shape index (κ2) is 5.75. The van der Waals surface area contributed by atoms with Crippen LogP contribution < -0.4 is 5.32 Å². The summed E-state index contributed by atoms with van der Waals surface area (Å²) in [6.45, 7) is 8.88. The predicted molar refractivity (Wildman–Crippen MR) is 59.7 cm³/mol. The number of hydrogen-bond donors (Lipinski definition) is 2. The molecule has 2 atom stereocenters. The Morgan fingerprint density at radius 2 is 1.87 bits per heavy atom. The molecule has 0 heterocycles. The number of amides is 1. The zero-order valence-electron chi connectivity index (χ0n) is 10.1. The van der Waals surface area contributed by atoms with Crippen LogP contribution in [0.3, 0.4) is 0 Å². The molecule has 4 nitrogen and oxygen atoms in total. The van der Waals surface area contributed by atoms with Gasteiger partial charge in [-0.25, -0.2) is 4.79 Å². The molecule has 0 unspecified atom stereocenters. The van der Waals surface area contributed by atoms with E-state index in [0.717, 1.165) is 0 Å². The topological polar surface area (TPSA) is 58.6 Å². The summed E-state index contributed by atoms with van der Waals surface area (Å²) in [6.07, 6.45) is 2.37. The van der Waals surface area contributed by atoms with E-state index in [2.05, 4.69) is 5.32 Å². The van der Waals surface area contributed by atoms with E-state index in [4.69, 9.17) is 9.84 Å². The van der Waals surface area contributed by atoms with Gasteiger partial charge in [0, 0.05) is 6.04 Å². The Balaban J connectivity index is 3.97. The van der Waals surface area contributed by atoms with Crippen LogP contribution in [0, 0.1) is 0 Å². The quantitative estimate of drug-likeness (QED) is 0.706. The van der Waals surface area contributed by atoms with Crippen molar-refractivity contribution in [2.24, 2.45) is 0 Å². The molecule has 1 amide bonds. The lowest BCUT2D eigenvalue weighted by molar-refractivity contribution is 0.0517. The largest absolute Gasteiger partial charge is 0.444 e. The molecule has 0 aliphatic heterocycles. The SMILES string of the molecule is C[C@H](/C=C\[C@@H](C)O)NC(=O)OC(C)(C)C. The fraction of sp³-hybridized carbons (Fsp3) is 0.727. The van der Waals surface area contributed by atoms with Gasteiger partial charge in [0.15, 0.2) is 0 Å². The van der Waals surface area contributed by atoms with Crippen molar-refractivity contribution in [1.29, 1.82) is 0 Å². The number of aliphatic hydroxyl groups excluding tert-OH is 1. The van der Waals surface area contributed by atoms with Crippen molar-refractivity contribution in [1.82, 2.24) is 5.32 Å². The Bertz CT molecular complexity index is 228. The molecule has 0 saturated carbocycles. The Labute approximate surface area is 91.3 Å². The summed E-state index contributed by atoms with van der Waals surface area (Å²) < 4.78 is 5.07. The second-order valence-corrected chi connectivity index (χ2v) is 4.56. The van der Waals surface area contributed by atoms with Crippen LogP contribution in [0.2, 0.25) is 0 Å². The molecule has 0 rings (SSSR count). The monoisotopic (exact) mass is 215 g/mol. The normalized spacial score (nSPS) is 16.1. The summed E-state index contributed by atoms with van der Waals surface area (Å²) in [7, 11) is 0. The molecule has 0 bridgehead atoms. The van der Waals surface area contributed by atoms with Gasteiger partial charge in [-0.2, -0.15) is 0 Å². The Kier molecular flexibility index (Phi) is 5.36. The lowest BCUT2D eigenvalue weighted by Crippen LogP contribution is -2.36. The maximum Gasteiger partial charge on any atom is 0.408 e. The summed E-state index contributed by atoms with van der Waals surface area (Å²) >= 11 is 0. The molecule has 0 saturated heterocycles. The Hall–Kier alpha value is -1.03. The fourth-order valence-corrected chi connectivity index (χ4v) is 0.869. The minimum absolute atomic E-state index is 0.158. The van der Waals surface area contributed by atoms with Gasteiger partial charge in [0.05, 0.1) is 6.10 Å². The molecular weight excluding hydrogens is 194 g/mol. The lowest BCUT2D eigenvalue weighted by atomic mass is 10.2. The van der Waals surface area contributed by atoms with E-state index in [9.17, 15) is 4.79 Å². The first-order valence-corrected chi connectivity index (χ1v) is 5.06. The van der Waals surface area contributed by atoms with Crippen LogP contribution in [0.5, 0.6) is 0 Å². The third-order valence-electron chi connectivity index (χ3n) is 1.42. The maximum absolute atomic E-state index is 11.3. The molecule has 2 N–H and O–H groups in total. The molecule has 0 fully saturated rings. The predicted octanol–water partition coefficient (Wildman–Crippen LogP) is 1.84. The van der Waals surface area contributed by atoms with Crippen molar-refractivity contribution in [3.63, 3.8) is 0 Å². The number of hydrogen-bond acceptors (Lipinski definition) is 3. The van der Waals surface area contributed by atoms with Crippen molar-refractivity contribution < 1.29 is 14.6 Å². The van der Waals surface area contributed by atoms with Gasteiger partial charge >= 0.3 is 6.09 Å². The molecule has 0 radical (unpaired) electrons. The van der Waals surface area contributed by atoms with Crippen molar-refractivity contribution in [2.75, 3.05) is 0 Å². The first-order valence-electron chi connectivity index (χ1n) is 5.06. The Morgan fingerprint density at radius 1 is 1.33 bits per heavy atom. The van der Waals surface area contributed by atoms with Crippen LogP contribution in [0.1, 0.15) is 34.6 Å². The molecule has 0 aliphatic rings. The van der Waals surface area contributed by atoms with Gasteiger partial charge in [-0.1, -0.05) is 12.2 Å². The molecular formula is C11H21NO3. The number of alkyl carbamates (subject to hydrolysis) is 1. The van der Waals surface area contributed by atoms with E-state index in [0.29, 0.717) is 0 Å². The van der Waals surface area contributed by atoms with E-state index in [1.165, 1.54) is 0 Å². The maximum atomic E-state index is 11.3. The molecule has 0 aliphatic carbocycles. The van der Waals surface area contributed by atoms with Gasteiger partial charge in [-0.15, -0.1) is 0 Å². The Morgan fingerprint density at radius 3 is 2.27 bits per heavy atom. The van der Waals surface area contributed by atoms with Crippen LogP contribution in [0.4, 0.5) is 4.79 Å². The van der Waals surface area contributed by atoms with Gasteiger partial charge in [-0.3, -0.25) is 0 Å². The zero-order valence-corrected chi connectivity index (χ0v) is 10.1. The summed E-state index contributed by atoms with van der Waals surface area (Å²) in [4.78, 5) is 11.3. The summed E-state index contributed by atoms with van der Waals surface area (Å²) in [5.74, 6) is 0. The molecule has 0 aromatic rings. The molecule has 0 spiro atoms. The summed E-state index contributed by atoms with van der Waals surface area (Å²) in [5.41, 5.74) is -0.488. The summed E-state index contributed by atoms with van der Waals surface area (Å²) in [6, 6.07) is -0.158. The summed E-state index contributed by atoms with van der Waals surface area (Å²) in [5, 5.41) is 11.6. The number of ether oxygens (including phenoxy) is 1. The van der Waals surface area contributed by atoms with Crippen LogP contribution in [-0.2, 0) is 4.74 Å². The number of rotatable bonds is 3. The van der Waals surface area contributed by atoms with Crippen molar-refractivity contribution >= 4 is 6.09 Å². The lowest BCUT2D eigenvalue weighted by Gasteiger charge is -2.21. The molecule has 0 aromatic carbocycles. The second-order valence-electron chi connectivity index (χ2n) is 4.56. The number of aliphatic hydroxyl groups is 1. The minimum atomic E-state index is -0.507. The highest BCUT2D eigenvalue weighted by molar-refractivity contribution is 5.68. The molecule has 0 aromatic heterocycles. The molecule has 4 heteroatoms. The first-order chi connectivity index (χ1) is 6.70. The van der Waals surface area contributed by atoms with Crippen LogP contribution in [0.25, 0.3) is 0 Å². The molecule has 15 heavy (non-hydrogen) atoms. The van der Waals surface area contributed by atoms with Gasteiger partial charge in [0.2, 0.25) is 0 Å². The standard InChI is InChI=1S/C11H21NO3/c1-8(6-7-9(2)13)12-10(14)15-11(3,4)5/h6-9,13H,1-5H3,(H,12,14)/b7-6-/t8-,9-/m1/s1. The number of carbonyl (C=O) groups is 1. The van der Waals surface area contributed by atoms with Gasteiger partial charge in [0.25, 0.3) is 0 Å². The van der Waals surface area contributed by atoms with Crippen LogP contribution in [0.15, 0.2) is 12.2 Å². The zero-order chi connectivity index (χ0) is 12.1. The number of nitrogens with one attached hydrogen (secondary N) is 1. The first kappa shape index (κ1) is 14.0. The highest BCUT2D eigenvalue weighted by Gasteiger charge is 2.16. The highest BCUT2D eigenvalue weighted by atomic mass is 16.6. The van der Waals surface area contributed by atoms with Crippen molar-refractivity contribution in [2.45, 2.75) is 52.4 Å². The van der Waals surface area contributed by atoms with Crippen LogP contribution >= 0.6 is 0 Å². The van der Waals surface area contributed by atoms with Crippen molar-refractivity contribution in [3.8, 4) is 0 Å². The fourth-order valence-electron chi connectivity index (χ4n) is 0.869. The van der Waals surface area contributed by atoms with E-state index < -0.39 is 17.8 Å². The van der Waals surface area contributed by atoms with E-state index in [1.807, 2.05) is 27.7 Å². The molecule has 88 valence electrons. The average Bonchev–Trinajstić information content (AvgIpc) is 1.96. The third kappa shape index (κ3) is 9.28. The van der Waals surface area contributed by atoms with E-state index in [1.54, 1.807) is 19.1 Å². The van der Waals surface area contributed by atoms with Gasteiger partial charge in [0.1, 0.15) is 5.60 Å². The van der Waals surface area contributed by atoms with Crippen LogP contribution in [-0.4, -0.2) is 28.9 Å². The van der Waals surface area contributed by atoms with Gasteiger partial charge in [-0.05, 0) is 34.6 Å². The third-order valence-corrected chi connectivity index (χ3v) is 1.42. The van der Waals surface area contributed by atoms with Gasteiger partial charge < -0.3 is 15.2 Å². The highest BCUT2D eigenvalue weighted by Crippen LogP contribution is 2.06. The number of carbonyl (C=O) groups excluding carboxylic acids is 1. The minimum Gasteiger partial charge on any atom is -0.444 e. The van der Waals surface area contributed by atoms with E-state index in [-0.39, 0.29) is 6.04 Å². The van der Waals surface area contributed by atoms with E-state index >= 15 is 0 Å². The van der Waals surface area contributed by atoms with Crippen molar-refractivity contribution in [3.05, 3.63) is 12.2 Å². The smallest absolute Gasteiger partial charge is 0.408 e. The average molecular weight is 215 g/mol.